The van der Waals surface area contributed by atoms with Crippen LogP contribution in [0.5, 0.6) is 5.75 Å². The van der Waals surface area contributed by atoms with Gasteiger partial charge >= 0.3 is 0 Å². The van der Waals surface area contributed by atoms with Gasteiger partial charge in [0, 0.05) is 16.3 Å². The van der Waals surface area contributed by atoms with Crippen molar-refractivity contribution >= 4 is 28.8 Å². The summed E-state index contributed by atoms with van der Waals surface area (Å²) in [6.07, 6.45) is 0. The number of carbonyl (C=O) groups excluding carboxylic acids is 1. The lowest BCUT2D eigenvalue weighted by Gasteiger charge is -2.08. The van der Waals surface area contributed by atoms with Gasteiger partial charge in [0.1, 0.15) is 12.4 Å². The molecular formula is C14H15ClN2O2S. The van der Waals surface area contributed by atoms with Crippen LogP contribution < -0.4 is 10.5 Å². The predicted molar refractivity (Wildman–Crippen MR) is 80.5 cm³/mol. The topological polar surface area (TPSA) is 65.2 Å². The Kier molecular flexibility index (Phi) is 4.62. The number of carbonyl (C=O) groups is 1. The zero-order chi connectivity index (χ0) is 14.7. The van der Waals surface area contributed by atoms with Crippen LogP contribution in [0.1, 0.15) is 40.8 Å². The Hall–Kier alpha value is -1.59. The van der Waals surface area contributed by atoms with Gasteiger partial charge in [-0.3, -0.25) is 4.79 Å². The fraction of sp³-hybridized carbons (Fsp3) is 0.286. The fourth-order valence-corrected chi connectivity index (χ4v) is 2.62. The van der Waals surface area contributed by atoms with E-state index in [1.807, 2.05) is 5.38 Å². The third-order valence-corrected chi connectivity index (χ3v) is 4.08. The number of primary amides is 1. The molecule has 0 fully saturated rings. The van der Waals surface area contributed by atoms with Gasteiger partial charge in [-0.25, -0.2) is 4.98 Å². The molecule has 2 rings (SSSR count). The lowest BCUT2D eigenvalue weighted by Crippen LogP contribution is -2.13. The first-order chi connectivity index (χ1) is 9.47. The van der Waals surface area contributed by atoms with Crippen molar-refractivity contribution in [1.82, 2.24) is 4.98 Å². The average molecular weight is 311 g/mol. The van der Waals surface area contributed by atoms with E-state index < -0.39 is 5.91 Å². The monoisotopic (exact) mass is 310 g/mol. The third-order valence-electron chi connectivity index (χ3n) is 2.65. The van der Waals surface area contributed by atoms with Crippen molar-refractivity contribution in [2.75, 3.05) is 0 Å². The maximum absolute atomic E-state index is 11.3. The molecule has 0 saturated heterocycles. The summed E-state index contributed by atoms with van der Waals surface area (Å²) in [6.45, 7) is 4.48. The van der Waals surface area contributed by atoms with Crippen LogP contribution in [0.15, 0.2) is 23.6 Å². The van der Waals surface area contributed by atoms with Crippen LogP contribution in [0.3, 0.4) is 0 Å². The molecule has 0 bridgehead atoms. The molecule has 0 aliphatic rings. The molecule has 6 heteroatoms. The molecule has 0 radical (unpaired) electrons. The molecule has 2 N–H and O–H groups in total. The van der Waals surface area contributed by atoms with Gasteiger partial charge in [-0.2, -0.15) is 0 Å². The Morgan fingerprint density at radius 3 is 2.85 bits per heavy atom. The number of rotatable bonds is 5. The fourth-order valence-electron chi connectivity index (χ4n) is 1.63. The van der Waals surface area contributed by atoms with Gasteiger partial charge in [0.2, 0.25) is 0 Å². The minimum atomic E-state index is -0.566. The number of benzene rings is 1. The zero-order valence-corrected chi connectivity index (χ0v) is 12.8. The van der Waals surface area contributed by atoms with E-state index in [9.17, 15) is 4.79 Å². The molecule has 106 valence electrons. The number of aromatic nitrogens is 1. The van der Waals surface area contributed by atoms with Crippen molar-refractivity contribution in [1.29, 1.82) is 0 Å². The summed E-state index contributed by atoms with van der Waals surface area (Å²) in [5.41, 5.74) is 6.42. The van der Waals surface area contributed by atoms with Crippen molar-refractivity contribution < 1.29 is 9.53 Å². The van der Waals surface area contributed by atoms with Gasteiger partial charge in [0.05, 0.1) is 16.3 Å². The van der Waals surface area contributed by atoms with E-state index >= 15 is 0 Å². The highest BCUT2D eigenvalue weighted by molar-refractivity contribution is 7.09. The van der Waals surface area contributed by atoms with Crippen LogP contribution in [0.4, 0.5) is 0 Å². The standard InChI is InChI=1S/C14H15ClN2O2S/c1-8(2)14-17-10(7-20-14)6-19-12-4-3-9(15)5-11(12)13(16)18/h3-5,7-8H,6H2,1-2H3,(H2,16,18). The van der Waals surface area contributed by atoms with Crippen molar-refractivity contribution in [3.05, 3.63) is 44.9 Å². The number of hydrogen-bond donors (Lipinski definition) is 1. The number of halogens is 1. The van der Waals surface area contributed by atoms with E-state index in [1.165, 1.54) is 6.07 Å². The lowest BCUT2D eigenvalue weighted by atomic mass is 10.2. The van der Waals surface area contributed by atoms with Crippen molar-refractivity contribution in [2.24, 2.45) is 5.73 Å². The Morgan fingerprint density at radius 1 is 1.50 bits per heavy atom. The van der Waals surface area contributed by atoms with Gasteiger partial charge in [0.25, 0.3) is 5.91 Å². The molecule has 1 amide bonds. The second-order valence-electron chi connectivity index (χ2n) is 4.63. The molecule has 0 spiro atoms. The average Bonchev–Trinajstić information content (AvgIpc) is 2.86. The first-order valence-electron chi connectivity index (χ1n) is 6.14. The summed E-state index contributed by atoms with van der Waals surface area (Å²) in [5, 5.41) is 3.46. The van der Waals surface area contributed by atoms with E-state index in [0.29, 0.717) is 23.3 Å². The molecule has 4 nitrogen and oxygen atoms in total. The molecule has 0 aliphatic heterocycles. The van der Waals surface area contributed by atoms with E-state index in [2.05, 4.69) is 18.8 Å². The molecule has 0 aliphatic carbocycles. The lowest BCUT2D eigenvalue weighted by molar-refractivity contribution is 0.0996. The minimum Gasteiger partial charge on any atom is -0.486 e. The number of nitrogens with two attached hydrogens (primary N) is 1. The van der Waals surface area contributed by atoms with Gasteiger partial charge in [0.15, 0.2) is 0 Å². The maximum Gasteiger partial charge on any atom is 0.252 e. The smallest absolute Gasteiger partial charge is 0.252 e. The normalized spacial score (nSPS) is 10.8. The van der Waals surface area contributed by atoms with E-state index in [4.69, 9.17) is 22.1 Å². The minimum absolute atomic E-state index is 0.275. The number of nitrogens with zero attached hydrogens (tertiary/aromatic N) is 1. The van der Waals surface area contributed by atoms with Crippen molar-refractivity contribution in [3.63, 3.8) is 0 Å². The molecule has 20 heavy (non-hydrogen) atoms. The number of hydrogen-bond acceptors (Lipinski definition) is 4. The van der Waals surface area contributed by atoms with Gasteiger partial charge in [-0.05, 0) is 18.2 Å². The molecule has 1 aromatic heterocycles. The predicted octanol–water partition coefficient (Wildman–Crippen LogP) is 3.60. The van der Waals surface area contributed by atoms with Gasteiger partial charge in [-0.15, -0.1) is 11.3 Å². The molecule has 0 atom stereocenters. The molecular weight excluding hydrogens is 296 g/mol. The number of thiazole rings is 1. The largest absolute Gasteiger partial charge is 0.486 e. The van der Waals surface area contributed by atoms with Crippen LogP contribution in [-0.2, 0) is 6.61 Å². The van der Waals surface area contributed by atoms with Crippen molar-refractivity contribution in [3.8, 4) is 5.75 Å². The molecule has 1 heterocycles. The van der Waals surface area contributed by atoms with Gasteiger partial charge in [-0.1, -0.05) is 25.4 Å². The molecule has 0 unspecified atom stereocenters. The van der Waals surface area contributed by atoms with E-state index in [-0.39, 0.29) is 5.56 Å². The Bertz CT molecular complexity index is 625. The first-order valence-corrected chi connectivity index (χ1v) is 7.39. The van der Waals surface area contributed by atoms with Crippen LogP contribution in [0.2, 0.25) is 5.02 Å². The highest BCUT2D eigenvalue weighted by Gasteiger charge is 2.12. The highest BCUT2D eigenvalue weighted by atomic mass is 35.5. The second-order valence-corrected chi connectivity index (χ2v) is 5.95. The number of ether oxygens (including phenoxy) is 1. The Balaban J connectivity index is 2.12. The third kappa shape index (κ3) is 3.49. The van der Waals surface area contributed by atoms with Crippen molar-refractivity contribution in [2.45, 2.75) is 26.4 Å². The maximum atomic E-state index is 11.3. The van der Waals surface area contributed by atoms with Crippen LogP contribution in [0.25, 0.3) is 0 Å². The Labute approximate surface area is 126 Å². The van der Waals surface area contributed by atoms with Crippen LogP contribution in [-0.4, -0.2) is 10.9 Å². The Morgan fingerprint density at radius 2 is 2.25 bits per heavy atom. The molecule has 0 saturated carbocycles. The van der Waals surface area contributed by atoms with Crippen LogP contribution in [0, 0.1) is 0 Å². The van der Waals surface area contributed by atoms with Gasteiger partial charge < -0.3 is 10.5 Å². The quantitative estimate of drug-likeness (QED) is 0.917. The second kappa shape index (κ2) is 6.24. The molecule has 2 aromatic rings. The summed E-state index contributed by atoms with van der Waals surface area (Å²) in [5.74, 6) is 0.245. The van der Waals surface area contributed by atoms with E-state index in [1.54, 1.807) is 23.5 Å². The summed E-state index contributed by atoms with van der Waals surface area (Å²) < 4.78 is 5.62. The van der Waals surface area contributed by atoms with Crippen LogP contribution >= 0.6 is 22.9 Å². The summed E-state index contributed by atoms with van der Waals surface area (Å²) in [7, 11) is 0. The number of amides is 1. The van der Waals surface area contributed by atoms with E-state index in [0.717, 1.165) is 10.7 Å². The summed E-state index contributed by atoms with van der Waals surface area (Å²) in [6, 6.07) is 4.79. The summed E-state index contributed by atoms with van der Waals surface area (Å²) in [4.78, 5) is 15.8. The summed E-state index contributed by atoms with van der Waals surface area (Å²) >= 11 is 7.44. The first kappa shape index (κ1) is 14.8. The molecule has 1 aromatic carbocycles. The zero-order valence-electron chi connectivity index (χ0n) is 11.2. The highest BCUT2D eigenvalue weighted by Crippen LogP contribution is 2.24. The SMILES string of the molecule is CC(C)c1nc(COc2ccc(Cl)cc2C(N)=O)cs1.